The third-order valence-corrected chi connectivity index (χ3v) is 5.02. The molecule has 3 nitrogen and oxygen atoms in total. The zero-order valence-corrected chi connectivity index (χ0v) is 13.7. The van der Waals surface area contributed by atoms with Crippen LogP contribution < -0.4 is 0 Å². The molecule has 0 atom stereocenters. The predicted octanol–water partition coefficient (Wildman–Crippen LogP) is 3.54. The number of hydrogen-bond acceptors (Lipinski definition) is 2. The van der Waals surface area contributed by atoms with Gasteiger partial charge >= 0.3 is 6.18 Å². The maximum Gasteiger partial charge on any atom is 0.416 e. The van der Waals surface area contributed by atoms with Crippen LogP contribution in [0.25, 0.3) is 0 Å². The highest BCUT2D eigenvalue weighted by Gasteiger charge is 2.31. The summed E-state index contributed by atoms with van der Waals surface area (Å²) in [6.07, 6.45) is -0.281. The lowest BCUT2D eigenvalue weighted by Crippen LogP contribution is -2.41. The van der Waals surface area contributed by atoms with Gasteiger partial charge in [-0.2, -0.15) is 13.2 Å². The van der Waals surface area contributed by atoms with E-state index in [2.05, 4.69) is 4.90 Å². The summed E-state index contributed by atoms with van der Waals surface area (Å²) in [5.41, 5.74) is 0.0696. The van der Waals surface area contributed by atoms with E-state index in [1.807, 2.05) is 4.90 Å². The van der Waals surface area contributed by atoms with Gasteiger partial charge in [0, 0.05) is 38.6 Å². The molecule has 1 saturated heterocycles. The molecule has 1 saturated carbocycles. The van der Waals surface area contributed by atoms with E-state index in [-0.39, 0.29) is 11.8 Å². The molecule has 6 heteroatoms. The summed E-state index contributed by atoms with van der Waals surface area (Å²) < 4.78 is 38.4. The first kappa shape index (κ1) is 17.3. The van der Waals surface area contributed by atoms with Crippen molar-refractivity contribution in [1.29, 1.82) is 0 Å². The first-order chi connectivity index (χ1) is 11.4. The van der Waals surface area contributed by atoms with Crippen molar-refractivity contribution in [3.63, 3.8) is 0 Å². The highest BCUT2D eigenvalue weighted by Crippen LogP contribution is 2.30. The average Bonchev–Trinajstić information content (AvgIpc) is 2.70. The van der Waals surface area contributed by atoms with Gasteiger partial charge < -0.3 is 4.90 Å². The first-order valence-corrected chi connectivity index (χ1v) is 8.61. The number of carbonyl (C=O) groups is 1. The van der Waals surface area contributed by atoms with Crippen molar-refractivity contribution in [3.8, 4) is 0 Å². The van der Waals surface area contributed by atoms with E-state index in [1.165, 1.54) is 12.1 Å². The number of halogens is 3. The maximum absolute atomic E-state index is 12.8. The fourth-order valence-electron chi connectivity index (χ4n) is 3.37. The summed E-state index contributed by atoms with van der Waals surface area (Å²) in [6, 6.07) is 5.52. The number of hydrogen-bond donors (Lipinski definition) is 0. The van der Waals surface area contributed by atoms with Gasteiger partial charge in [0.1, 0.15) is 0 Å². The number of rotatable bonds is 3. The van der Waals surface area contributed by atoms with Crippen LogP contribution in [0.3, 0.4) is 0 Å². The van der Waals surface area contributed by atoms with Gasteiger partial charge in [-0.05, 0) is 30.9 Å². The lowest BCUT2D eigenvalue weighted by Gasteiger charge is -2.31. The summed E-state index contributed by atoms with van der Waals surface area (Å²) >= 11 is 0. The molecule has 24 heavy (non-hydrogen) atoms. The Labute approximate surface area is 140 Å². The lowest BCUT2D eigenvalue weighted by molar-refractivity contribution is -0.138. The zero-order chi connectivity index (χ0) is 17.2. The molecule has 2 aliphatic rings. The topological polar surface area (TPSA) is 23.6 Å². The normalized spacial score (nSPS) is 20.5. The molecule has 0 spiro atoms. The minimum Gasteiger partial charge on any atom is -0.341 e. The van der Waals surface area contributed by atoms with E-state index in [9.17, 15) is 18.0 Å². The molecule has 2 fully saturated rings. The number of carbonyl (C=O) groups excluding carboxylic acids is 1. The Morgan fingerprint density at radius 3 is 2.54 bits per heavy atom. The van der Waals surface area contributed by atoms with Crippen molar-refractivity contribution in [3.05, 3.63) is 35.4 Å². The van der Waals surface area contributed by atoms with Crippen molar-refractivity contribution in [1.82, 2.24) is 9.80 Å². The Hall–Kier alpha value is -1.56. The molecule has 1 heterocycles. The largest absolute Gasteiger partial charge is 0.416 e. The summed E-state index contributed by atoms with van der Waals surface area (Å²) in [6.45, 7) is 3.46. The van der Waals surface area contributed by atoms with Crippen LogP contribution in [0.2, 0.25) is 0 Å². The second-order valence-electron chi connectivity index (χ2n) is 6.78. The molecule has 0 radical (unpaired) electrons. The third-order valence-electron chi connectivity index (χ3n) is 5.02. The molecular formula is C18H23F3N2O. The quantitative estimate of drug-likeness (QED) is 0.840. The first-order valence-electron chi connectivity index (χ1n) is 8.61. The van der Waals surface area contributed by atoms with E-state index < -0.39 is 11.7 Å². The minimum atomic E-state index is -4.30. The van der Waals surface area contributed by atoms with Gasteiger partial charge in [-0.1, -0.05) is 24.6 Å². The molecular weight excluding hydrogens is 317 g/mol. The number of nitrogens with zero attached hydrogens (tertiary/aromatic N) is 2. The molecule has 1 amide bonds. The van der Waals surface area contributed by atoms with E-state index in [0.717, 1.165) is 44.8 Å². The van der Waals surface area contributed by atoms with Crippen LogP contribution in [0.15, 0.2) is 24.3 Å². The highest BCUT2D eigenvalue weighted by atomic mass is 19.4. The van der Waals surface area contributed by atoms with Gasteiger partial charge in [0.05, 0.1) is 5.56 Å². The van der Waals surface area contributed by atoms with Crippen LogP contribution >= 0.6 is 0 Å². The second kappa shape index (κ2) is 7.13. The van der Waals surface area contributed by atoms with Crippen molar-refractivity contribution in [2.24, 2.45) is 5.92 Å². The standard InChI is InChI=1S/C18H23F3N2O/c19-18(20,21)16-7-1-4-14(12-16)13-22-8-3-9-23(11-10-22)17(24)15-5-2-6-15/h1,4,7,12,15H,2-3,5-6,8-11,13H2. The van der Waals surface area contributed by atoms with Gasteiger partial charge in [-0.3, -0.25) is 9.69 Å². The van der Waals surface area contributed by atoms with E-state index >= 15 is 0 Å². The van der Waals surface area contributed by atoms with Crippen molar-refractivity contribution >= 4 is 5.91 Å². The lowest BCUT2D eigenvalue weighted by atomic mass is 9.84. The van der Waals surface area contributed by atoms with Crippen LogP contribution in [0.1, 0.15) is 36.8 Å². The highest BCUT2D eigenvalue weighted by molar-refractivity contribution is 5.79. The van der Waals surface area contributed by atoms with E-state index in [0.29, 0.717) is 25.2 Å². The van der Waals surface area contributed by atoms with Crippen molar-refractivity contribution in [2.45, 2.75) is 38.4 Å². The van der Waals surface area contributed by atoms with Crippen LogP contribution in [0, 0.1) is 5.92 Å². The Kier molecular flexibility index (Phi) is 5.13. The van der Waals surface area contributed by atoms with Gasteiger partial charge in [-0.25, -0.2) is 0 Å². The molecule has 1 aromatic rings. The van der Waals surface area contributed by atoms with Crippen LogP contribution in [0.5, 0.6) is 0 Å². The van der Waals surface area contributed by atoms with Crippen molar-refractivity contribution in [2.75, 3.05) is 26.2 Å². The molecule has 0 N–H and O–H groups in total. The SMILES string of the molecule is O=C(C1CCC1)N1CCCN(Cc2cccc(C(F)(F)F)c2)CC1. The van der Waals surface area contributed by atoms with Crippen LogP contribution in [-0.4, -0.2) is 41.9 Å². The van der Waals surface area contributed by atoms with Crippen molar-refractivity contribution < 1.29 is 18.0 Å². The molecule has 1 aromatic carbocycles. The predicted molar refractivity (Wildman–Crippen MR) is 85.3 cm³/mol. The molecule has 0 unspecified atom stereocenters. The van der Waals surface area contributed by atoms with E-state index in [1.54, 1.807) is 6.07 Å². The zero-order valence-electron chi connectivity index (χ0n) is 13.7. The molecule has 0 bridgehead atoms. The average molecular weight is 340 g/mol. The summed E-state index contributed by atoms with van der Waals surface area (Å²) in [5.74, 6) is 0.474. The Morgan fingerprint density at radius 2 is 1.88 bits per heavy atom. The summed E-state index contributed by atoms with van der Waals surface area (Å²) in [4.78, 5) is 16.4. The fraction of sp³-hybridized carbons (Fsp3) is 0.611. The number of benzene rings is 1. The van der Waals surface area contributed by atoms with Gasteiger partial charge in [0.25, 0.3) is 0 Å². The van der Waals surface area contributed by atoms with Gasteiger partial charge in [-0.15, -0.1) is 0 Å². The maximum atomic E-state index is 12.8. The fourth-order valence-corrected chi connectivity index (χ4v) is 3.37. The Bertz CT molecular complexity index is 584. The minimum absolute atomic E-state index is 0.208. The molecule has 132 valence electrons. The van der Waals surface area contributed by atoms with E-state index in [4.69, 9.17) is 0 Å². The number of alkyl halides is 3. The smallest absolute Gasteiger partial charge is 0.341 e. The monoisotopic (exact) mass is 340 g/mol. The molecule has 0 aromatic heterocycles. The Balaban J connectivity index is 1.57. The molecule has 3 rings (SSSR count). The number of amides is 1. The van der Waals surface area contributed by atoms with Crippen LogP contribution in [-0.2, 0) is 17.5 Å². The van der Waals surface area contributed by atoms with Crippen LogP contribution in [0.4, 0.5) is 13.2 Å². The third kappa shape index (κ3) is 4.09. The second-order valence-corrected chi connectivity index (χ2v) is 6.78. The Morgan fingerprint density at radius 1 is 1.08 bits per heavy atom. The van der Waals surface area contributed by atoms with Gasteiger partial charge in [0.15, 0.2) is 0 Å². The summed E-state index contributed by atoms with van der Waals surface area (Å²) in [5, 5.41) is 0. The molecule has 1 aliphatic carbocycles. The molecule has 1 aliphatic heterocycles. The van der Waals surface area contributed by atoms with Gasteiger partial charge in [0.2, 0.25) is 5.91 Å². The summed E-state index contributed by atoms with van der Waals surface area (Å²) in [7, 11) is 0.